The van der Waals surface area contributed by atoms with Crippen LogP contribution in [0.5, 0.6) is 11.5 Å². The first-order valence-electron chi connectivity index (χ1n) is 10.9. The summed E-state index contributed by atoms with van der Waals surface area (Å²) < 4.78 is 11.9. The average molecular weight is 403 g/mol. The van der Waals surface area contributed by atoms with Crippen LogP contribution < -0.4 is 9.47 Å². The summed E-state index contributed by atoms with van der Waals surface area (Å²) in [6.07, 6.45) is 5.64. The lowest BCUT2D eigenvalue weighted by atomic mass is 9.79. The molecule has 1 aromatic carbocycles. The summed E-state index contributed by atoms with van der Waals surface area (Å²) >= 11 is 0. The highest BCUT2D eigenvalue weighted by Gasteiger charge is 2.29. The maximum absolute atomic E-state index is 11.8. The number of hydrogen-bond acceptors (Lipinski definition) is 3. The Bertz CT molecular complexity index is 675. The standard InChI is InChI=1S/C26H42O3/c1-18(2)12-11-13-19(3)14-15-28-21-16-22(25(5,6)7)24(29-20(4)27)23(17-21)26(8,9)10/h12,16-17,19H,11,13-15H2,1-10H3/t19-/m0/s1. The molecule has 0 spiro atoms. The number of benzene rings is 1. The first-order chi connectivity index (χ1) is 13.2. The molecular weight excluding hydrogens is 360 g/mol. The summed E-state index contributed by atoms with van der Waals surface area (Å²) in [5, 5.41) is 0. The fraction of sp³-hybridized carbons (Fsp3) is 0.654. The van der Waals surface area contributed by atoms with Crippen LogP contribution in [-0.4, -0.2) is 12.6 Å². The van der Waals surface area contributed by atoms with E-state index in [0.29, 0.717) is 18.3 Å². The fourth-order valence-corrected chi connectivity index (χ4v) is 3.23. The number of esters is 1. The third-order valence-corrected chi connectivity index (χ3v) is 5.02. The van der Waals surface area contributed by atoms with Gasteiger partial charge in [-0.25, -0.2) is 0 Å². The first-order valence-corrected chi connectivity index (χ1v) is 10.9. The topological polar surface area (TPSA) is 35.5 Å². The maximum Gasteiger partial charge on any atom is 0.308 e. The van der Waals surface area contributed by atoms with E-state index in [1.54, 1.807) is 0 Å². The molecule has 29 heavy (non-hydrogen) atoms. The monoisotopic (exact) mass is 402 g/mol. The Kier molecular flexibility index (Phi) is 8.99. The first kappa shape index (κ1) is 25.3. The minimum absolute atomic E-state index is 0.165. The number of allylic oxidation sites excluding steroid dienone is 2. The Morgan fingerprint density at radius 1 is 0.966 bits per heavy atom. The number of carbonyl (C=O) groups excluding carboxylic acids is 1. The molecule has 1 rings (SSSR count). The van der Waals surface area contributed by atoms with Crippen molar-refractivity contribution in [2.24, 2.45) is 5.92 Å². The highest BCUT2D eigenvalue weighted by Crippen LogP contribution is 2.42. The van der Waals surface area contributed by atoms with Crippen LogP contribution in [0.3, 0.4) is 0 Å². The van der Waals surface area contributed by atoms with Gasteiger partial charge in [-0.2, -0.15) is 0 Å². The third-order valence-electron chi connectivity index (χ3n) is 5.02. The van der Waals surface area contributed by atoms with Gasteiger partial charge in [0.2, 0.25) is 0 Å². The van der Waals surface area contributed by atoms with E-state index in [-0.39, 0.29) is 16.8 Å². The van der Waals surface area contributed by atoms with Crippen LogP contribution in [-0.2, 0) is 15.6 Å². The fourth-order valence-electron chi connectivity index (χ4n) is 3.23. The van der Waals surface area contributed by atoms with E-state index < -0.39 is 0 Å². The molecule has 164 valence electrons. The SMILES string of the molecule is CC(=O)Oc1c(C(C)(C)C)cc(OCC[C@@H](C)CCC=C(C)C)cc1C(C)(C)C. The van der Waals surface area contributed by atoms with Crippen molar-refractivity contribution in [3.63, 3.8) is 0 Å². The molecule has 0 aliphatic rings. The molecule has 0 bridgehead atoms. The average Bonchev–Trinajstić information content (AvgIpc) is 2.52. The van der Waals surface area contributed by atoms with E-state index in [9.17, 15) is 4.79 Å². The van der Waals surface area contributed by atoms with Gasteiger partial charge in [0.25, 0.3) is 0 Å². The molecule has 0 unspecified atom stereocenters. The summed E-state index contributed by atoms with van der Waals surface area (Å²) in [4.78, 5) is 11.8. The number of carbonyl (C=O) groups is 1. The largest absolute Gasteiger partial charge is 0.494 e. The van der Waals surface area contributed by atoms with Crippen molar-refractivity contribution in [3.05, 3.63) is 34.9 Å². The van der Waals surface area contributed by atoms with E-state index in [1.165, 1.54) is 18.9 Å². The summed E-state index contributed by atoms with van der Waals surface area (Å²) in [7, 11) is 0. The van der Waals surface area contributed by atoms with Crippen LogP contribution in [0, 0.1) is 5.92 Å². The Morgan fingerprint density at radius 3 is 1.90 bits per heavy atom. The molecular formula is C26H42O3. The maximum atomic E-state index is 11.8. The Balaban J connectivity index is 3.07. The molecule has 0 radical (unpaired) electrons. The molecule has 1 atom stereocenters. The van der Waals surface area contributed by atoms with Gasteiger partial charge in [0.15, 0.2) is 0 Å². The highest BCUT2D eigenvalue weighted by atomic mass is 16.5. The van der Waals surface area contributed by atoms with Gasteiger partial charge in [0, 0.05) is 18.1 Å². The van der Waals surface area contributed by atoms with Crippen LogP contribution in [0.1, 0.15) is 99.6 Å². The normalized spacial score (nSPS) is 13.0. The molecule has 3 heteroatoms. The van der Waals surface area contributed by atoms with Crippen molar-refractivity contribution in [1.29, 1.82) is 0 Å². The van der Waals surface area contributed by atoms with Crippen molar-refractivity contribution >= 4 is 5.97 Å². The van der Waals surface area contributed by atoms with E-state index >= 15 is 0 Å². The molecule has 0 saturated carbocycles. The molecule has 3 nitrogen and oxygen atoms in total. The van der Waals surface area contributed by atoms with Crippen LogP contribution >= 0.6 is 0 Å². The van der Waals surface area contributed by atoms with Gasteiger partial charge in [-0.05, 0) is 62.0 Å². The predicted octanol–water partition coefficient (Wildman–Crippen LogP) is 7.36. The molecule has 0 fully saturated rings. The highest BCUT2D eigenvalue weighted by molar-refractivity contribution is 5.71. The molecule has 1 aromatic rings. The van der Waals surface area contributed by atoms with Gasteiger partial charge in [0.1, 0.15) is 11.5 Å². The van der Waals surface area contributed by atoms with Gasteiger partial charge < -0.3 is 9.47 Å². The molecule has 0 heterocycles. The van der Waals surface area contributed by atoms with Crippen LogP contribution in [0.4, 0.5) is 0 Å². The summed E-state index contributed by atoms with van der Waals surface area (Å²) in [6, 6.07) is 4.09. The third kappa shape index (κ3) is 8.64. The molecule has 0 saturated heterocycles. The lowest BCUT2D eigenvalue weighted by Gasteiger charge is -2.30. The van der Waals surface area contributed by atoms with Gasteiger partial charge in [-0.3, -0.25) is 4.79 Å². The molecule has 0 aliphatic heterocycles. The second-order valence-electron chi connectivity index (χ2n) is 10.5. The van der Waals surface area contributed by atoms with Crippen molar-refractivity contribution in [2.45, 2.75) is 99.3 Å². The van der Waals surface area contributed by atoms with Crippen molar-refractivity contribution in [1.82, 2.24) is 0 Å². The molecule has 0 aromatic heterocycles. The summed E-state index contributed by atoms with van der Waals surface area (Å²) in [5.74, 6) is 1.86. The zero-order valence-electron chi connectivity index (χ0n) is 20.4. The van der Waals surface area contributed by atoms with Crippen LogP contribution in [0.2, 0.25) is 0 Å². The second kappa shape index (κ2) is 10.3. The van der Waals surface area contributed by atoms with E-state index in [1.807, 2.05) is 12.1 Å². The lowest BCUT2D eigenvalue weighted by Crippen LogP contribution is -2.21. The van der Waals surface area contributed by atoms with E-state index in [2.05, 4.69) is 68.4 Å². The van der Waals surface area contributed by atoms with Crippen LogP contribution in [0.25, 0.3) is 0 Å². The Hall–Kier alpha value is -1.77. The quantitative estimate of drug-likeness (QED) is 0.259. The van der Waals surface area contributed by atoms with Crippen molar-refractivity contribution in [3.8, 4) is 11.5 Å². The van der Waals surface area contributed by atoms with Crippen molar-refractivity contribution < 1.29 is 14.3 Å². The van der Waals surface area contributed by atoms with Gasteiger partial charge in [-0.1, -0.05) is 60.1 Å². The minimum atomic E-state index is -0.292. The van der Waals surface area contributed by atoms with Gasteiger partial charge in [0.05, 0.1) is 6.61 Å². The zero-order chi connectivity index (χ0) is 22.4. The van der Waals surface area contributed by atoms with Gasteiger partial charge >= 0.3 is 5.97 Å². The number of ether oxygens (including phenoxy) is 2. The van der Waals surface area contributed by atoms with E-state index in [0.717, 1.165) is 29.7 Å². The summed E-state index contributed by atoms with van der Waals surface area (Å²) in [5.41, 5.74) is 3.06. The number of rotatable bonds is 8. The lowest BCUT2D eigenvalue weighted by molar-refractivity contribution is -0.132. The number of hydrogen-bond donors (Lipinski definition) is 0. The van der Waals surface area contributed by atoms with Gasteiger partial charge in [-0.15, -0.1) is 0 Å². The van der Waals surface area contributed by atoms with Crippen LogP contribution in [0.15, 0.2) is 23.8 Å². The molecule has 0 aliphatic carbocycles. The Labute approximate surface area is 178 Å². The smallest absolute Gasteiger partial charge is 0.308 e. The molecule has 0 amide bonds. The van der Waals surface area contributed by atoms with E-state index in [4.69, 9.17) is 9.47 Å². The second-order valence-corrected chi connectivity index (χ2v) is 10.5. The summed E-state index contributed by atoms with van der Waals surface area (Å²) in [6.45, 7) is 21.5. The van der Waals surface area contributed by atoms with Crippen molar-refractivity contribution in [2.75, 3.05) is 6.61 Å². The molecule has 0 N–H and O–H groups in total. The Morgan fingerprint density at radius 2 is 1.48 bits per heavy atom. The zero-order valence-corrected chi connectivity index (χ0v) is 20.4. The predicted molar refractivity (Wildman–Crippen MR) is 123 cm³/mol. The minimum Gasteiger partial charge on any atom is -0.494 e.